The predicted molar refractivity (Wildman–Crippen MR) is 212 cm³/mol. The molecule has 238 valence electrons. The Morgan fingerprint density at radius 3 is 1.71 bits per heavy atom. The van der Waals surface area contributed by atoms with Crippen molar-refractivity contribution in [2.24, 2.45) is 0 Å². The number of hydrogen-bond donors (Lipinski definition) is 0. The Kier molecular flexibility index (Phi) is 6.81. The average Bonchev–Trinajstić information content (AvgIpc) is 3.61. The van der Waals surface area contributed by atoms with Gasteiger partial charge in [-0.3, -0.25) is 0 Å². The molecule has 2 aromatic heterocycles. The van der Waals surface area contributed by atoms with Crippen LogP contribution in [0, 0.1) is 0 Å². The number of furan rings is 1. The summed E-state index contributed by atoms with van der Waals surface area (Å²) in [5, 5.41) is 7.07. The minimum Gasteiger partial charge on any atom is -0.455 e. The highest BCUT2D eigenvalue weighted by Crippen LogP contribution is 2.44. The first-order valence-electron chi connectivity index (χ1n) is 17.2. The molecule has 3 nitrogen and oxygen atoms in total. The van der Waals surface area contributed by atoms with E-state index in [2.05, 4.69) is 152 Å². The number of benzene rings is 8. The molecule has 0 atom stereocenters. The average molecular weight is 651 g/mol. The highest BCUT2D eigenvalue weighted by molar-refractivity contribution is 6.26. The molecular weight excluding hydrogens is 621 g/mol. The number of fused-ring (bicyclic) bond motifs is 7. The van der Waals surface area contributed by atoms with E-state index in [0.29, 0.717) is 5.82 Å². The van der Waals surface area contributed by atoms with Crippen LogP contribution in [0.2, 0.25) is 0 Å². The summed E-state index contributed by atoms with van der Waals surface area (Å²) in [6.07, 6.45) is 0. The van der Waals surface area contributed by atoms with Crippen LogP contribution < -0.4 is 0 Å². The normalized spacial score (nSPS) is 11.5. The van der Waals surface area contributed by atoms with E-state index in [-0.39, 0.29) is 0 Å². The van der Waals surface area contributed by atoms with E-state index in [1.165, 1.54) is 21.5 Å². The molecule has 0 aliphatic rings. The molecule has 0 bridgehead atoms. The third kappa shape index (κ3) is 5.06. The van der Waals surface area contributed by atoms with Crippen LogP contribution in [0.3, 0.4) is 0 Å². The summed E-state index contributed by atoms with van der Waals surface area (Å²) < 4.78 is 6.78. The Labute approximate surface area is 295 Å². The summed E-state index contributed by atoms with van der Waals surface area (Å²) >= 11 is 0. The Morgan fingerprint density at radius 2 is 0.941 bits per heavy atom. The molecule has 10 aromatic rings. The summed E-state index contributed by atoms with van der Waals surface area (Å²) in [6, 6.07) is 63.8. The van der Waals surface area contributed by atoms with Crippen LogP contribution >= 0.6 is 0 Å². The van der Waals surface area contributed by atoms with Crippen molar-refractivity contribution in [3.8, 4) is 56.2 Å². The lowest BCUT2D eigenvalue weighted by molar-refractivity contribution is 0.670. The fraction of sp³-hybridized carbons (Fsp3) is 0. The minimum absolute atomic E-state index is 0.690. The Hall–Kier alpha value is -6.84. The lowest BCUT2D eigenvalue weighted by Crippen LogP contribution is -1.96. The van der Waals surface area contributed by atoms with Crippen LogP contribution in [0.15, 0.2) is 186 Å². The molecule has 0 N–H and O–H groups in total. The van der Waals surface area contributed by atoms with Crippen molar-refractivity contribution in [3.63, 3.8) is 0 Å². The second-order valence-corrected chi connectivity index (χ2v) is 13.0. The van der Waals surface area contributed by atoms with Crippen molar-refractivity contribution >= 4 is 43.5 Å². The first-order chi connectivity index (χ1) is 25.3. The maximum Gasteiger partial charge on any atom is 0.160 e. The van der Waals surface area contributed by atoms with Crippen molar-refractivity contribution < 1.29 is 4.42 Å². The lowest BCUT2D eigenvalue weighted by atomic mass is 9.90. The largest absolute Gasteiger partial charge is 0.455 e. The summed E-state index contributed by atoms with van der Waals surface area (Å²) in [4.78, 5) is 10.3. The number of para-hydroxylation sites is 1. The van der Waals surface area contributed by atoms with Gasteiger partial charge < -0.3 is 4.42 Å². The summed E-state index contributed by atoms with van der Waals surface area (Å²) in [6.45, 7) is 0. The van der Waals surface area contributed by atoms with E-state index in [4.69, 9.17) is 14.4 Å². The molecule has 0 aliphatic carbocycles. The van der Waals surface area contributed by atoms with Crippen LogP contribution in [-0.2, 0) is 0 Å². The molecule has 51 heavy (non-hydrogen) atoms. The molecule has 0 spiro atoms. The molecule has 2 heterocycles. The zero-order valence-corrected chi connectivity index (χ0v) is 27.6. The summed E-state index contributed by atoms with van der Waals surface area (Å²) in [5.41, 5.74) is 10.9. The van der Waals surface area contributed by atoms with E-state index in [0.717, 1.165) is 72.3 Å². The van der Waals surface area contributed by atoms with Crippen molar-refractivity contribution in [2.45, 2.75) is 0 Å². The molecule has 8 aromatic carbocycles. The second-order valence-electron chi connectivity index (χ2n) is 13.0. The molecule has 0 radical (unpaired) electrons. The number of rotatable bonds is 5. The van der Waals surface area contributed by atoms with E-state index in [9.17, 15) is 0 Å². The molecule has 0 amide bonds. The van der Waals surface area contributed by atoms with Gasteiger partial charge in [-0.25, -0.2) is 9.97 Å². The first kappa shape index (κ1) is 29.1. The quantitative estimate of drug-likeness (QED) is 0.174. The molecule has 0 saturated heterocycles. The number of nitrogens with zero attached hydrogens (tertiary/aromatic N) is 2. The minimum atomic E-state index is 0.690. The van der Waals surface area contributed by atoms with Crippen LogP contribution in [0.1, 0.15) is 0 Å². The van der Waals surface area contributed by atoms with E-state index in [1.807, 2.05) is 30.3 Å². The van der Waals surface area contributed by atoms with Crippen LogP contribution in [0.5, 0.6) is 0 Å². The maximum atomic E-state index is 6.78. The smallest absolute Gasteiger partial charge is 0.160 e. The van der Waals surface area contributed by atoms with Gasteiger partial charge in [0.15, 0.2) is 5.82 Å². The molecular formula is C48H30N2O. The summed E-state index contributed by atoms with van der Waals surface area (Å²) in [5.74, 6) is 0.690. The van der Waals surface area contributed by atoms with E-state index in [1.54, 1.807) is 0 Å². The number of aromatic nitrogens is 2. The zero-order chi connectivity index (χ0) is 33.7. The maximum absolute atomic E-state index is 6.78. The Balaban J connectivity index is 1.29. The molecule has 3 heteroatoms. The standard InChI is InChI=1S/C48H30N2O/c1-4-14-31(15-5-1)35-26-36(28-37(27-35)44-30-43(33-17-6-2-7-18-33)49-48(50-44)34-19-8-3-9-20-34)41-29-42-38-21-11-10-16-32(38)24-25-39(42)46-40-22-12-13-23-45(40)51-47(41)46/h1-30H. The van der Waals surface area contributed by atoms with Gasteiger partial charge in [0.2, 0.25) is 0 Å². The van der Waals surface area contributed by atoms with Gasteiger partial charge in [0.25, 0.3) is 0 Å². The second kappa shape index (κ2) is 11.9. The lowest BCUT2D eigenvalue weighted by Gasteiger charge is -2.14. The molecule has 0 saturated carbocycles. The third-order valence-electron chi connectivity index (χ3n) is 9.84. The predicted octanol–water partition coefficient (Wildman–Crippen LogP) is 13.0. The van der Waals surface area contributed by atoms with Gasteiger partial charge in [0.1, 0.15) is 11.2 Å². The third-order valence-corrected chi connectivity index (χ3v) is 9.84. The Morgan fingerprint density at radius 1 is 0.353 bits per heavy atom. The molecule has 0 aliphatic heterocycles. The topological polar surface area (TPSA) is 38.9 Å². The highest BCUT2D eigenvalue weighted by atomic mass is 16.3. The SMILES string of the molecule is c1ccc(-c2cc(-c3cc(-c4ccccc4)nc(-c4ccccc4)n3)cc(-c3cc4c5ccccc5ccc4c4c3oc3ccccc34)c2)cc1. The van der Waals surface area contributed by atoms with Gasteiger partial charge >= 0.3 is 0 Å². The molecule has 0 fully saturated rings. The van der Waals surface area contributed by atoms with Gasteiger partial charge in [-0.2, -0.15) is 0 Å². The van der Waals surface area contributed by atoms with Crippen molar-refractivity contribution in [3.05, 3.63) is 182 Å². The van der Waals surface area contributed by atoms with Crippen molar-refractivity contribution in [1.29, 1.82) is 0 Å². The van der Waals surface area contributed by atoms with Gasteiger partial charge in [0.05, 0.1) is 11.4 Å². The highest BCUT2D eigenvalue weighted by Gasteiger charge is 2.20. The fourth-order valence-corrected chi connectivity index (χ4v) is 7.39. The molecule has 10 rings (SSSR count). The van der Waals surface area contributed by atoms with Gasteiger partial charge in [0, 0.05) is 33.0 Å². The van der Waals surface area contributed by atoms with Crippen molar-refractivity contribution in [2.75, 3.05) is 0 Å². The Bertz CT molecular complexity index is 2840. The molecule has 0 unspecified atom stereocenters. The van der Waals surface area contributed by atoms with Gasteiger partial charge in [-0.1, -0.05) is 146 Å². The zero-order valence-electron chi connectivity index (χ0n) is 27.6. The fourth-order valence-electron chi connectivity index (χ4n) is 7.39. The van der Waals surface area contributed by atoms with Crippen LogP contribution in [-0.4, -0.2) is 9.97 Å². The monoisotopic (exact) mass is 650 g/mol. The van der Waals surface area contributed by atoms with E-state index >= 15 is 0 Å². The van der Waals surface area contributed by atoms with Crippen LogP contribution in [0.4, 0.5) is 0 Å². The van der Waals surface area contributed by atoms with Gasteiger partial charge in [-0.15, -0.1) is 0 Å². The summed E-state index contributed by atoms with van der Waals surface area (Å²) in [7, 11) is 0. The van der Waals surface area contributed by atoms with Crippen LogP contribution in [0.25, 0.3) is 99.6 Å². The number of hydrogen-bond acceptors (Lipinski definition) is 3. The first-order valence-corrected chi connectivity index (χ1v) is 17.2. The van der Waals surface area contributed by atoms with Gasteiger partial charge in [-0.05, 0) is 74.6 Å². The van der Waals surface area contributed by atoms with Crippen molar-refractivity contribution in [1.82, 2.24) is 9.97 Å². The van der Waals surface area contributed by atoms with E-state index < -0.39 is 0 Å².